The number of halogens is 2. The largest absolute Gasteiger partial charge is 1.00 e. The zero-order valence-corrected chi connectivity index (χ0v) is 19.7. The first-order chi connectivity index (χ1) is 11.4. The van der Waals surface area contributed by atoms with Gasteiger partial charge < -0.3 is 24.8 Å². The van der Waals surface area contributed by atoms with Gasteiger partial charge in [0.05, 0.1) is 0 Å². The van der Waals surface area contributed by atoms with Crippen molar-refractivity contribution in [3.63, 3.8) is 0 Å². The fraction of sp³-hybridized carbons (Fsp3) is 0.304. The molecule has 0 nitrogen and oxygen atoms in total. The van der Waals surface area contributed by atoms with Crippen LogP contribution in [0.5, 0.6) is 0 Å². The molecular weight excluding hydrogens is 438 g/mol. The van der Waals surface area contributed by atoms with Crippen molar-refractivity contribution in [3.8, 4) is 11.1 Å². The van der Waals surface area contributed by atoms with Gasteiger partial charge in [-0.15, -0.1) is 0 Å². The standard InChI is InChI=1S/C13H9.C10H15.2ClH.Zr/c1-3-7-12-10(5-1)9-11-6-2-4-8-13(11)12;1-8-5-6-9(7-8)10(2,3)4;;;/h1-5,7-8H,9H2;6-8H,1-4H3;2*1H;/q;;;;+2/p-2. The van der Waals surface area contributed by atoms with E-state index in [1.807, 2.05) is 0 Å². The summed E-state index contributed by atoms with van der Waals surface area (Å²) in [6.07, 6.45) is 6.15. The van der Waals surface area contributed by atoms with Gasteiger partial charge in [0.25, 0.3) is 0 Å². The van der Waals surface area contributed by atoms with E-state index in [2.05, 4.69) is 82.3 Å². The molecule has 1 atom stereocenters. The minimum Gasteiger partial charge on any atom is -1.00 e. The first kappa shape index (κ1) is 21.7. The molecule has 0 bridgehead atoms. The molecule has 3 heteroatoms. The van der Waals surface area contributed by atoms with Gasteiger partial charge in [-0.3, -0.25) is 0 Å². The third kappa shape index (κ3) is 3.96. The van der Waals surface area contributed by atoms with E-state index in [1.165, 1.54) is 22.3 Å². The Kier molecular flexibility index (Phi) is 6.82. The van der Waals surface area contributed by atoms with Crippen LogP contribution in [0.15, 0.2) is 63.5 Å². The molecule has 134 valence electrons. The average molecular weight is 463 g/mol. The van der Waals surface area contributed by atoms with E-state index in [0.717, 1.165) is 6.42 Å². The van der Waals surface area contributed by atoms with Crippen molar-refractivity contribution < 1.29 is 48.0 Å². The van der Waals surface area contributed by atoms with Crippen molar-refractivity contribution in [3.05, 3.63) is 74.6 Å². The van der Waals surface area contributed by atoms with Crippen LogP contribution in [0.1, 0.15) is 38.8 Å². The van der Waals surface area contributed by atoms with Gasteiger partial charge in [0.2, 0.25) is 0 Å². The molecule has 2 aliphatic carbocycles. The summed E-state index contributed by atoms with van der Waals surface area (Å²) in [6, 6.07) is 15.9. The van der Waals surface area contributed by atoms with Crippen LogP contribution < -0.4 is 28.1 Å². The predicted molar refractivity (Wildman–Crippen MR) is 99.1 cm³/mol. The summed E-state index contributed by atoms with van der Waals surface area (Å²) in [5, 5.41) is 0. The molecule has 0 amide bonds. The maximum Gasteiger partial charge on any atom is -1.00 e. The maximum absolute atomic E-state index is 2.53. The summed E-state index contributed by atoms with van der Waals surface area (Å²) < 4.78 is 3.40. The van der Waals surface area contributed by atoms with Crippen LogP contribution in [0.4, 0.5) is 0 Å². The van der Waals surface area contributed by atoms with Crippen LogP contribution in [-0.2, 0) is 29.7 Å². The van der Waals surface area contributed by atoms with Crippen molar-refractivity contribution in [1.29, 1.82) is 0 Å². The minimum atomic E-state index is -0.730. The fourth-order valence-electron chi connectivity index (χ4n) is 3.75. The smallest absolute Gasteiger partial charge is 1.00 e. The maximum atomic E-state index is 2.53. The number of benzene rings is 2. The van der Waals surface area contributed by atoms with Crippen LogP contribution in [0.3, 0.4) is 0 Å². The molecule has 0 aliphatic heterocycles. The number of hydrogen-bond donors (Lipinski definition) is 0. The van der Waals surface area contributed by atoms with Crippen LogP contribution in [0.2, 0.25) is 0 Å². The Morgan fingerprint density at radius 3 is 2.31 bits per heavy atom. The Labute approximate surface area is 181 Å². The van der Waals surface area contributed by atoms with E-state index in [0.29, 0.717) is 5.92 Å². The first-order valence-electron chi connectivity index (χ1n) is 8.84. The third-order valence-electron chi connectivity index (χ3n) is 5.23. The molecule has 0 fully saturated rings. The molecule has 2 aliphatic rings. The van der Waals surface area contributed by atoms with Crippen LogP contribution >= 0.6 is 0 Å². The average Bonchev–Trinajstić information content (AvgIpc) is 3.09. The van der Waals surface area contributed by atoms with Crippen molar-refractivity contribution in [2.45, 2.75) is 34.1 Å². The Hall–Kier alpha value is -0.617. The van der Waals surface area contributed by atoms with E-state index >= 15 is 0 Å². The molecule has 1 unspecified atom stereocenters. The minimum absolute atomic E-state index is 0. The van der Waals surface area contributed by atoms with Crippen LogP contribution in [0.25, 0.3) is 11.1 Å². The second kappa shape index (κ2) is 8.18. The summed E-state index contributed by atoms with van der Waals surface area (Å²) >= 11 is -0.730. The Balaban J connectivity index is 0.00000121. The molecule has 0 aromatic heterocycles. The normalized spacial score (nSPS) is 17.2. The van der Waals surface area contributed by atoms with Crippen molar-refractivity contribution in [2.75, 3.05) is 0 Å². The summed E-state index contributed by atoms with van der Waals surface area (Å²) in [7, 11) is 0. The Morgan fingerprint density at radius 2 is 1.62 bits per heavy atom. The van der Waals surface area contributed by atoms with Crippen LogP contribution in [0, 0.1) is 11.3 Å². The Morgan fingerprint density at radius 1 is 0.923 bits per heavy atom. The zero-order valence-electron chi connectivity index (χ0n) is 15.7. The molecule has 0 saturated carbocycles. The second-order valence-corrected chi connectivity index (χ2v) is 11.4. The van der Waals surface area contributed by atoms with Crippen molar-refractivity contribution in [1.82, 2.24) is 0 Å². The van der Waals surface area contributed by atoms with Gasteiger partial charge in [-0.05, 0) is 0 Å². The van der Waals surface area contributed by atoms with E-state index in [9.17, 15) is 0 Å². The van der Waals surface area contributed by atoms with Crippen LogP contribution in [-0.4, -0.2) is 0 Å². The summed E-state index contributed by atoms with van der Waals surface area (Å²) in [5.74, 6) is 0.630. The first-order valence-corrected chi connectivity index (χ1v) is 11.3. The summed E-state index contributed by atoms with van der Waals surface area (Å²) in [4.78, 5) is 0. The SMILES string of the molecule is CC1C=C(C(C)(C)C)C=[C]1[Zr+2][c]1cccc2c1Cc1ccccc1-2.[Cl-].[Cl-]. The van der Waals surface area contributed by atoms with Gasteiger partial charge >= 0.3 is 158 Å². The van der Waals surface area contributed by atoms with Gasteiger partial charge in [-0.2, -0.15) is 0 Å². The van der Waals surface area contributed by atoms with E-state index in [4.69, 9.17) is 0 Å². The second-order valence-electron chi connectivity index (χ2n) is 8.05. The molecular formula is C23H24Cl2Zr. The van der Waals surface area contributed by atoms with Gasteiger partial charge in [-0.1, -0.05) is 0 Å². The van der Waals surface area contributed by atoms with Gasteiger partial charge in [0, 0.05) is 0 Å². The molecule has 0 saturated heterocycles. The van der Waals surface area contributed by atoms with E-state index in [1.54, 1.807) is 12.1 Å². The molecule has 0 radical (unpaired) electrons. The molecule has 0 heterocycles. The van der Waals surface area contributed by atoms with Gasteiger partial charge in [0.1, 0.15) is 0 Å². The van der Waals surface area contributed by atoms with Gasteiger partial charge in [0.15, 0.2) is 0 Å². The molecule has 2 aromatic carbocycles. The van der Waals surface area contributed by atoms with Crippen molar-refractivity contribution >= 4 is 3.27 Å². The molecule has 4 rings (SSSR count). The quantitative estimate of drug-likeness (QED) is 0.481. The number of rotatable bonds is 2. The van der Waals surface area contributed by atoms with E-state index < -0.39 is 23.2 Å². The number of allylic oxidation sites excluding steroid dienone is 4. The topological polar surface area (TPSA) is 0 Å². The predicted octanol–water partition coefficient (Wildman–Crippen LogP) is -0.520. The summed E-state index contributed by atoms with van der Waals surface area (Å²) in [6.45, 7) is 9.36. The molecule has 26 heavy (non-hydrogen) atoms. The van der Waals surface area contributed by atoms with E-state index in [-0.39, 0.29) is 30.2 Å². The number of fused-ring (bicyclic) bond motifs is 3. The summed E-state index contributed by atoms with van der Waals surface area (Å²) in [5.41, 5.74) is 7.85. The Bertz CT molecular complexity index is 872. The zero-order chi connectivity index (χ0) is 16.9. The molecule has 0 spiro atoms. The van der Waals surface area contributed by atoms with Crippen molar-refractivity contribution in [2.24, 2.45) is 11.3 Å². The number of hydrogen-bond acceptors (Lipinski definition) is 0. The molecule has 2 aromatic rings. The van der Waals surface area contributed by atoms with Gasteiger partial charge in [-0.25, -0.2) is 0 Å². The monoisotopic (exact) mass is 460 g/mol. The molecule has 0 N–H and O–H groups in total. The third-order valence-corrected chi connectivity index (χ3v) is 9.22. The fourth-order valence-corrected chi connectivity index (χ4v) is 7.20.